The lowest BCUT2D eigenvalue weighted by molar-refractivity contribution is -0.00526. The van der Waals surface area contributed by atoms with Gasteiger partial charge in [0.25, 0.3) is 0 Å². The van der Waals surface area contributed by atoms with Gasteiger partial charge in [0.15, 0.2) is 0 Å². The zero-order valence-corrected chi connectivity index (χ0v) is 15.8. The van der Waals surface area contributed by atoms with Gasteiger partial charge in [-0.25, -0.2) is 0 Å². The fourth-order valence-corrected chi connectivity index (χ4v) is 5.21. The molecule has 3 fully saturated rings. The molecular formula is C23H38O. The molecular weight excluding hydrogens is 292 g/mol. The van der Waals surface area contributed by atoms with Crippen LogP contribution in [0.25, 0.3) is 0 Å². The zero-order valence-electron chi connectivity index (χ0n) is 15.8. The second kappa shape index (κ2) is 9.22. The van der Waals surface area contributed by atoms with E-state index in [0.29, 0.717) is 12.2 Å². The highest BCUT2D eigenvalue weighted by Gasteiger charge is 2.33. The number of hydrogen-bond donors (Lipinski definition) is 0. The highest BCUT2D eigenvalue weighted by molar-refractivity contribution is 4.98. The van der Waals surface area contributed by atoms with Crippen LogP contribution in [0.4, 0.5) is 0 Å². The van der Waals surface area contributed by atoms with Crippen molar-refractivity contribution in [2.75, 3.05) is 0 Å². The van der Waals surface area contributed by atoms with E-state index >= 15 is 0 Å². The average Bonchev–Trinajstić information content (AvgIpc) is 3.10. The molecule has 1 heterocycles. The Kier molecular flexibility index (Phi) is 7.01. The molecule has 1 aliphatic heterocycles. The van der Waals surface area contributed by atoms with E-state index in [-0.39, 0.29) is 0 Å². The first-order valence-electron chi connectivity index (χ1n) is 10.7. The van der Waals surface area contributed by atoms with Crippen molar-refractivity contribution in [1.29, 1.82) is 0 Å². The smallest absolute Gasteiger partial charge is 0.0608 e. The molecule has 3 aliphatic rings. The van der Waals surface area contributed by atoms with E-state index in [2.05, 4.69) is 31.7 Å². The van der Waals surface area contributed by atoms with Crippen LogP contribution in [0.1, 0.15) is 84.0 Å². The van der Waals surface area contributed by atoms with Gasteiger partial charge in [0.05, 0.1) is 12.2 Å². The van der Waals surface area contributed by atoms with Crippen molar-refractivity contribution in [3.63, 3.8) is 0 Å². The second-order valence-electron chi connectivity index (χ2n) is 8.63. The van der Waals surface area contributed by atoms with E-state index in [9.17, 15) is 0 Å². The van der Waals surface area contributed by atoms with E-state index in [1.54, 1.807) is 0 Å². The molecule has 1 heteroatoms. The van der Waals surface area contributed by atoms with Gasteiger partial charge in [-0.3, -0.25) is 0 Å². The third-order valence-corrected chi connectivity index (χ3v) is 6.90. The summed E-state index contributed by atoms with van der Waals surface area (Å²) in [5, 5.41) is 0. The minimum absolute atomic E-state index is 0.573. The maximum Gasteiger partial charge on any atom is 0.0608 e. The Balaban J connectivity index is 1.36. The standard InChI is InChI=1S/C23H38O/c1-3-5-22-16-17-23(24-22)21-14-12-20(13-15-21)11-10-19-8-6-18(4-2)7-9-19/h4,10-11,18-23H,2-3,5-9,12-17H2,1H3. The lowest BCUT2D eigenvalue weighted by atomic mass is 9.77. The van der Waals surface area contributed by atoms with Crippen molar-refractivity contribution < 1.29 is 4.74 Å². The van der Waals surface area contributed by atoms with Gasteiger partial charge in [0.1, 0.15) is 0 Å². The SMILES string of the molecule is C=CC1CCC(C=CC2CCC(C3CCC(CCC)O3)CC2)CC1. The summed E-state index contributed by atoms with van der Waals surface area (Å²) in [7, 11) is 0. The predicted molar refractivity (Wildman–Crippen MR) is 103 cm³/mol. The third kappa shape index (κ3) is 4.97. The fraction of sp³-hybridized carbons (Fsp3) is 0.826. The van der Waals surface area contributed by atoms with Crippen molar-refractivity contribution >= 4 is 0 Å². The quantitative estimate of drug-likeness (QED) is 0.493. The van der Waals surface area contributed by atoms with Gasteiger partial charge >= 0.3 is 0 Å². The average molecular weight is 331 g/mol. The number of ether oxygens (including phenoxy) is 1. The van der Waals surface area contributed by atoms with Crippen LogP contribution >= 0.6 is 0 Å². The molecule has 2 atom stereocenters. The Bertz CT molecular complexity index is 396. The van der Waals surface area contributed by atoms with Crippen LogP contribution in [0.3, 0.4) is 0 Å². The van der Waals surface area contributed by atoms with Gasteiger partial charge in [0, 0.05) is 0 Å². The second-order valence-corrected chi connectivity index (χ2v) is 8.63. The highest BCUT2D eigenvalue weighted by Crippen LogP contribution is 2.38. The van der Waals surface area contributed by atoms with Crippen molar-refractivity contribution in [3.8, 4) is 0 Å². The van der Waals surface area contributed by atoms with Crippen LogP contribution in [0.15, 0.2) is 24.8 Å². The molecule has 3 rings (SSSR count). The van der Waals surface area contributed by atoms with Crippen LogP contribution in [-0.4, -0.2) is 12.2 Å². The molecule has 2 unspecified atom stereocenters. The van der Waals surface area contributed by atoms with Gasteiger partial charge in [-0.15, -0.1) is 6.58 Å². The molecule has 0 aromatic carbocycles. The first-order valence-corrected chi connectivity index (χ1v) is 10.7. The molecule has 0 radical (unpaired) electrons. The summed E-state index contributed by atoms with van der Waals surface area (Å²) in [6.45, 7) is 6.23. The maximum absolute atomic E-state index is 6.33. The van der Waals surface area contributed by atoms with Gasteiger partial charge in [0.2, 0.25) is 0 Å². The van der Waals surface area contributed by atoms with Gasteiger partial charge in [-0.1, -0.05) is 31.6 Å². The highest BCUT2D eigenvalue weighted by atomic mass is 16.5. The molecule has 24 heavy (non-hydrogen) atoms. The van der Waals surface area contributed by atoms with E-state index in [1.165, 1.54) is 77.0 Å². The fourth-order valence-electron chi connectivity index (χ4n) is 5.21. The third-order valence-electron chi connectivity index (χ3n) is 6.90. The number of hydrogen-bond acceptors (Lipinski definition) is 1. The summed E-state index contributed by atoms with van der Waals surface area (Å²) < 4.78 is 6.33. The van der Waals surface area contributed by atoms with E-state index in [4.69, 9.17) is 4.74 Å². The van der Waals surface area contributed by atoms with E-state index in [0.717, 1.165) is 23.7 Å². The van der Waals surface area contributed by atoms with Crippen molar-refractivity contribution in [2.45, 2.75) is 96.2 Å². The lowest BCUT2D eigenvalue weighted by Crippen LogP contribution is -2.26. The largest absolute Gasteiger partial charge is 0.375 e. The molecule has 2 aliphatic carbocycles. The predicted octanol–water partition coefficient (Wildman–Crippen LogP) is 6.69. The summed E-state index contributed by atoms with van der Waals surface area (Å²) in [4.78, 5) is 0. The molecule has 0 bridgehead atoms. The summed E-state index contributed by atoms with van der Waals surface area (Å²) in [5.41, 5.74) is 0. The van der Waals surface area contributed by atoms with Crippen molar-refractivity contribution in [3.05, 3.63) is 24.8 Å². The number of rotatable bonds is 6. The summed E-state index contributed by atoms with van der Waals surface area (Å²) in [5.74, 6) is 3.31. The Morgan fingerprint density at radius 3 is 1.96 bits per heavy atom. The van der Waals surface area contributed by atoms with E-state index < -0.39 is 0 Å². The van der Waals surface area contributed by atoms with E-state index in [1.807, 2.05) is 0 Å². The first-order chi connectivity index (χ1) is 11.8. The molecule has 0 amide bonds. The Morgan fingerprint density at radius 2 is 1.38 bits per heavy atom. The van der Waals surface area contributed by atoms with Crippen LogP contribution in [0.2, 0.25) is 0 Å². The van der Waals surface area contributed by atoms with Gasteiger partial charge in [-0.2, -0.15) is 0 Å². The summed E-state index contributed by atoms with van der Waals surface area (Å²) in [6.07, 6.45) is 24.6. The number of allylic oxidation sites excluding steroid dienone is 3. The Labute approximate surface area is 149 Å². The lowest BCUT2D eigenvalue weighted by Gasteiger charge is -2.31. The monoisotopic (exact) mass is 330 g/mol. The topological polar surface area (TPSA) is 9.23 Å². The minimum Gasteiger partial charge on any atom is -0.375 e. The van der Waals surface area contributed by atoms with Gasteiger partial charge in [-0.05, 0) is 94.3 Å². The molecule has 0 aromatic heterocycles. The van der Waals surface area contributed by atoms with Crippen LogP contribution in [0, 0.1) is 23.7 Å². The van der Waals surface area contributed by atoms with Crippen molar-refractivity contribution in [2.24, 2.45) is 23.7 Å². The summed E-state index contributed by atoms with van der Waals surface area (Å²) >= 11 is 0. The molecule has 0 N–H and O–H groups in total. The minimum atomic E-state index is 0.573. The Morgan fingerprint density at radius 1 is 0.792 bits per heavy atom. The molecule has 1 nitrogen and oxygen atoms in total. The van der Waals surface area contributed by atoms with Crippen molar-refractivity contribution in [1.82, 2.24) is 0 Å². The summed E-state index contributed by atoms with van der Waals surface area (Å²) in [6, 6.07) is 0. The molecule has 2 saturated carbocycles. The first kappa shape index (κ1) is 18.2. The molecule has 0 aromatic rings. The Hall–Kier alpha value is -0.560. The normalized spacial score (nSPS) is 40.9. The van der Waals surface area contributed by atoms with Crippen LogP contribution in [-0.2, 0) is 4.74 Å². The zero-order chi connectivity index (χ0) is 16.8. The molecule has 1 saturated heterocycles. The molecule has 0 spiro atoms. The van der Waals surface area contributed by atoms with Crippen LogP contribution < -0.4 is 0 Å². The van der Waals surface area contributed by atoms with Crippen LogP contribution in [0.5, 0.6) is 0 Å². The van der Waals surface area contributed by atoms with Gasteiger partial charge < -0.3 is 4.74 Å². The molecule has 136 valence electrons. The maximum atomic E-state index is 6.33.